The molecule has 0 atom stereocenters. The van der Waals surface area contributed by atoms with Crippen LogP contribution in [0.4, 0.5) is 0 Å². The molecule has 0 N–H and O–H groups in total. The van der Waals surface area contributed by atoms with Gasteiger partial charge in [0.2, 0.25) is 0 Å². The lowest BCUT2D eigenvalue weighted by molar-refractivity contribution is 1.35. The van der Waals surface area contributed by atoms with Crippen LogP contribution in [0.5, 0.6) is 0 Å². The minimum Gasteiger partial charge on any atom is -0.241 e. The zero-order chi connectivity index (χ0) is 11.8. The SMILES string of the molecule is Cc1nc2c(-c3ccccc3)cc(Br)cc2s1. The fourth-order valence-electron chi connectivity index (χ4n) is 1.94. The van der Waals surface area contributed by atoms with E-state index in [0.717, 1.165) is 15.0 Å². The third-order valence-electron chi connectivity index (χ3n) is 2.65. The molecule has 0 saturated heterocycles. The number of fused-ring (bicyclic) bond motifs is 1. The van der Waals surface area contributed by atoms with Crippen molar-refractivity contribution in [2.45, 2.75) is 6.92 Å². The Morgan fingerprint density at radius 1 is 1.12 bits per heavy atom. The van der Waals surface area contributed by atoms with E-state index in [1.165, 1.54) is 15.8 Å². The van der Waals surface area contributed by atoms with Gasteiger partial charge in [-0.3, -0.25) is 0 Å². The summed E-state index contributed by atoms with van der Waals surface area (Å²) in [7, 11) is 0. The second kappa shape index (κ2) is 4.24. The smallest absolute Gasteiger partial charge is 0.0908 e. The van der Waals surface area contributed by atoms with Crippen LogP contribution in [0.3, 0.4) is 0 Å². The third-order valence-corrected chi connectivity index (χ3v) is 4.03. The van der Waals surface area contributed by atoms with Crippen LogP contribution in [0.2, 0.25) is 0 Å². The quantitative estimate of drug-likeness (QED) is 0.614. The average molecular weight is 304 g/mol. The maximum absolute atomic E-state index is 4.63. The van der Waals surface area contributed by atoms with Crippen molar-refractivity contribution in [2.24, 2.45) is 0 Å². The van der Waals surface area contributed by atoms with Crippen molar-refractivity contribution in [2.75, 3.05) is 0 Å². The van der Waals surface area contributed by atoms with Crippen molar-refractivity contribution in [3.8, 4) is 11.1 Å². The highest BCUT2D eigenvalue weighted by atomic mass is 79.9. The van der Waals surface area contributed by atoms with Gasteiger partial charge in [0.25, 0.3) is 0 Å². The number of hydrogen-bond acceptors (Lipinski definition) is 2. The number of aryl methyl sites for hydroxylation is 1. The Bertz CT molecular complexity index is 673. The number of thiazole rings is 1. The number of hydrogen-bond donors (Lipinski definition) is 0. The summed E-state index contributed by atoms with van der Waals surface area (Å²) in [4.78, 5) is 4.63. The lowest BCUT2D eigenvalue weighted by atomic mass is 10.0. The molecule has 1 nitrogen and oxygen atoms in total. The van der Waals surface area contributed by atoms with Crippen molar-refractivity contribution in [1.29, 1.82) is 0 Å². The molecule has 3 heteroatoms. The van der Waals surface area contributed by atoms with E-state index in [4.69, 9.17) is 0 Å². The highest BCUT2D eigenvalue weighted by Gasteiger charge is 2.09. The van der Waals surface area contributed by atoms with Crippen LogP contribution >= 0.6 is 27.3 Å². The molecule has 2 aromatic carbocycles. The molecule has 1 aromatic heterocycles. The second-order valence-corrected chi connectivity index (χ2v) is 6.05. The Kier molecular flexibility index (Phi) is 2.73. The van der Waals surface area contributed by atoms with E-state index in [1.807, 2.05) is 13.0 Å². The molecule has 0 aliphatic heterocycles. The first-order chi connectivity index (χ1) is 8.24. The molecule has 0 unspecified atom stereocenters. The van der Waals surface area contributed by atoms with Gasteiger partial charge in [-0.25, -0.2) is 4.98 Å². The molecule has 0 radical (unpaired) electrons. The molecule has 0 aliphatic rings. The Hall–Kier alpha value is -1.19. The first-order valence-corrected chi connectivity index (χ1v) is 6.97. The fraction of sp³-hybridized carbons (Fsp3) is 0.0714. The van der Waals surface area contributed by atoms with Gasteiger partial charge in [0, 0.05) is 10.0 Å². The largest absolute Gasteiger partial charge is 0.241 e. The van der Waals surface area contributed by atoms with Gasteiger partial charge >= 0.3 is 0 Å². The first kappa shape index (κ1) is 10.9. The summed E-state index contributed by atoms with van der Waals surface area (Å²) in [6.07, 6.45) is 0. The van der Waals surface area contributed by atoms with Crippen molar-refractivity contribution < 1.29 is 0 Å². The number of benzene rings is 2. The van der Waals surface area contributed by atoms with Crippen LogP contribution in [0.1, 0.15) is 5.01 Å². The van der Waals surface area contributed by atoms with E-state index in [1.54, 1.807) is 11.3 Å². The van der Waals surface area contributed by atoms with E-state index in [2.05, 4.69) is 57.3 Å². The fourth-order valence-corrected chi connectivity index (χ4v) is 3.45. The molecule has 0 aliphatic carbocycles. The van der Waals surface area contributed by atoms with Crippen LogP contribution in [-0.4, -0.2) is 4.98 Å². The number of halogens is 1. The lowest BCUT2D eigenvalue weighted by Crippen LogP contribution is -1.81. The Morgan fingerprint density at radius 3 is 2.65 bits per heavy atom. The van der Waals surface area contributed by atoms with E-state index >= 15 is 0 Å². The van der Waals surface area contributed by atoms with Crippen molar-refractivity contribution in [1.82, 2.24) is 4.98 Å². The standard InChI is InChI=1S/C14H10BrNS/c1-9-16-14-12(10-5-3-2-4-6-10)7-11(15)8-13(14)17-9/h2-8H,1H3. The van der Waals surface area contributed by atoms with E-state index in [9.17, 15) is 0 Å². The number of rotatable bonds is 1. The Morgan fingerprint density at radius 2 is 1.88 bits per heavy atom. The molecule has 1 heterocycles. The van der Waals surface area contributed by atoms with Crippen LogP contribution < -0.4 is 0 Å². The highest BCUT2D eigenvalue weighted by Crippen LogP contribution is 2.34. The minimum atomic E-state index is 1.10. The molecule has 0 spiro atoms. The monoisotopic (exact) mass is 303 g/mol. The lowest BCUT2D eigenvalue weighted by Gasteiger charge is -2.03. The minimum absolute atomic E-state index is 1.10. The maximum Gasteiger partial charge on any atom is 0.0908 e. The van der Waals surface area contributed by atoms with Gasteiger partial charge in [-0.15, -0.1) is 11.3 Å². The second-order valence-electron chi connectivity index (χ2n) is 3.90. The molecular weight excluding hydrogens is 294 g/mol. The van der Waals surface area contributed by atoms with Gasteiger partial charge in [-0.2, -0.15) is 0 Å². The van der Waals surface area contributed by atoms with Crippen molar-refractivity contribution in [3.05, 3.63) is 51.9 Å². The molecule has 3 aromatic rings. The molecule has 0 amide bonds. The molecule has 84 valence electrons. The molecule has 0 saturated carbocycles. The zero-order valence-corrected chi connectivity index (χ0v) is 11.7. The normalized spacial score (nSPS) is 10.9. The summed E-state index contributed by atoms with van der Waals surface area (Å²) >= 11 is 5.30. The summed E-state index contributed by atoms with van der Waals surface area (Å²) in [5.41, 5.74) is 3.50. The van der Waals surface area contributed by atoms with Gasteiger partial charge < -0.3 is 0 Å². The summed E-state index contributed by atoms with van der Waals surface area (Å²) in [6, 6.07) is 14.7. The van der Waals surface area contributed by atoms with E-state index < -0.39 is 0 Å². The Balaban J connectivity index is 2.35. The van der Waals surface area contributed by atoms with Crippen LogP contribution in [-0.2, 0) is 0 Å². The van der Waals surface area contributed by atoms with Crippen LogP contribution in [0.15, 0.2) is 46.9 Å². The van der Waals surface area contributed by atoms with Crippen molar-refractivity contribution >= 4 is 37.5 Å². The predicted octanol–water partition coefficient (Wildman–Crippen LogP) is 5.03. The molecule has 0 bridgehead atoms. The molecular formula is C14H10BrNS. The van der Waals surface area contributed by atoms with Crippen LogP contribution in [0, 0.1) is 6.92 Å². The molecule has 3 rings (SSSR count). The summed E-state index contributed by atoms with van der Waals surface area (Å²) in [5.74, 6) is 0. The number of nitrogens with zero attached hydrogens (tertiary/aromatic N) is 1. The third kappa shape index (κ3) is 2.01. The molecule has 0 fully saturated rings. The Labute approximate surface area is 112 Å². The predicted molar refractivity (Wildman–Crippen MR) is 77.5 cm³/mol. The van der Waals surface area contributed by atoms with E-state index in [0.29, 0.717) is 0 Å². The average Bonchev–Trinajstić information content (AvgIpc) is 2.69. The van der Waals surface area contributed by atoms with Gasteiger partial charge in [0.1, 0.15) is 0 Å². The summed E-state index contributed by atoms with van der Waals surface area (Å²) < 4.78 is 2.34. The number of aromatic nitrogens is 1. The van der Waals surface area contributed by atoms with Gasteiger partial charge in [-0.05, 0) is 24.6 Å². The van der Waals surface area contributed by atoms with Gasteiger partial charge in [-0.1, -0.05) is 46.3 Å². The van der Waals surface area contributed by atoms with Gasteiger partial charge in [0.05, 0.1) is 15.2 Å². The van der Waals surface area contributed by atoms with Gasteiger partial charge in [0.15, 0.2) is 0 Å². The maximum atomic E-state index is 4.63. The molecule has 17 heavy (non-hydrogen) atoms. The highest BCUT2D eigenvalue weighted by molar-refractivity contribution is 9.10. The topological polar surface area (TPSA) is 12.9 Å². The zero-order valence-electron chi connectivity index (χ0n) is 9.27. The van der Waals surface area contributed by atoms with Crippen LogP contribution in [0.25, 0.3) is 21.3 Å². The van der Waals surface area contributed by atoms with E-state index in [-0.39, 0.29) is 0 Å². The summed E-state index contributed by atoms with van der Waals surface area (Å²) in [6.45, 7) is 2.05. The summed E-state index contributed by atoms with van der Waals surface area (Å²) in [5, 5.41) is 1.11. The first-order valence-electron chi connectivity index (χ1n) is 5.36. The van der Waals surface area contributed by atoms with Crippen molar-refractivity contribution in [3.63, 3.8) is 0 Å².